The maximum Gasteiger partial charge on any atom is 0.336 e. The van der Waals surface area contributed by atoms with Gasteiger partial charge in [-0.1, -0.05) is 31.6 Å². The summed E-state index contributed by atoms with van der Waals surface area (Å²) in [6, 6.07) is 8.76. The van der Waals surface area contributed by atoms with Crippen LogP contribution >= 0.6 is 0 Å². The number of phenols is 1. The number of hydrogen-bond acceptors (Lipinski definition) is 6. The van der Waals surface area contributed by atoms with Crippen molar-refractivity contribution < 1.29 is 24.1 Å². The Hall–Kier alpha value is -3.28. The van der Waals surface area contributed by atoms with E-state index in [-0.39, 0.29) is 5.75 Å². The molecule has 0 aromatic heterocycles. The fourth-order valence-corrected chi connectivity index (χ4v) is 3.56. The lowest BCUT2D eigenvalue weighted by Gasteiger charge is -2.18. The normalized spacial score (nSPS) is 19.9. The van der Waals surface area contributed by atoms with Crippen molar-refractivity contribution in [2.45, 2.75) is 31.9 Å². The van der Waals surface area contributed by atoms with E-state index in [1.54, 1.807) is 18.2 Å². The van der Waals surface area contributed by atoms with Gasteiger partial charge in [0.1, 0.15) is 23.6 Å². The van der Waals surface area contributed by atoms with Crippen molar-refractivity contribution in [2.24, 2.45) is 4.99 Å². The van der Waals surface area contributed by atoms with Crippen molar-refractivity contribution in [3.63, 3.8) is 0 Å². The molecule has 1 aliphatic heterocycles. The minimum Gasteiger partial charge on any atom is -0.506 e. The number of aromatic hydroxyl groups is 1. The highest BCUT2D eigenvalue weighted by atomic mass is 16.5. The summed E-state index contributed by atoms with van der Waals surface area (Å²) in [5.41, 5.74) is 0.914. The third-order valence-corrected chi connectivity index (χ3v) is 5.11. The van der Waals surface area contributed by atoms with E-state index in [2.05, 4.69) is 11.9 Å². The van der Waals surface area contributed by atoms with Gasteiger partial charge in [0.2, 0.25) is 5.90 Å². The number of nitrogens with zero attached hydrogens (tertiary/aromatic N) is 1. The molecule has 0 spiro atoms. The van der Waals surface area contributed by atoms with Crippen LogP contribution in [0.4, 0.5) is 0 Å². The van der Waals surface area contributed by atoms with Crippen molar-refractivity contribution in [1.82, 2.24) is 0 Å². The summed E-state index contributed by atoms with van der Waals surface area (Å²) in [4.78, 5) is 16.6. The maximum atomic E-state index is 12.0. The Balaban J connectivity index is 1.68. The first-order chi connectivity index (χ1) is 14.1. The van der Waals surface area contributed by atoms with Crippen molar-refractivity contribution in [3.05, 3.63) is 59.7 Å². The summed E-state index contributed by atoms with van der Waals surface area (Å²) in [5.74, 6) is 0.681. The molecule has 0 amide bonds. The van der Waals surface area contributed by atoms with Crippen molar-refractivity contribution in [1.29, 1.82) is 0 Å². The number of ether oxygens (including phenoxy) is 3. The number of esters is 1. The molecule has 2 aromatic rings. The standard InChI is InChI=1S/C23H23NO5/c1-3-4-13-28-18-9-5-7-15-14(18)11-12-17(21(15)25)22-24-20-16(23(26)27-2)8-6-10-19(20)29-22/h5-12,19-20,25H,3-4,13H2,1-2H3. The van der Waals surface area contributed by atoms with Crippen LogP contribution in [0.25, 0.3) is 10.8 Å². The van der Waals surface area contributed by atoms with Crippen LogP contribution in [-0.4, -0.2) is 42.8 Å². The second-order valence-electron chi connectivity index (χ2n) is 6.98. The van der Waals surface area contributed by atoms with Gasteiger partial charge >= 0.3 is 5.97 Å². The summed E-state index contributed by atoms with van der Waals surface area (Å²) in [6.07, 6.45) is 6.90. The number of benzene rings is 2. The van der Waals surface area contributed by atoms with E-state index in [1.807, 2.05) is 30.3 Å². The Bertz CT molecular complexity index is 1040. The minimum atomic E-state index is -0.485. The van der Waals surface area contributed by atoms with E-state index in [0.717, 1.165) is 24.0 Å². The monoisotopic (exact) mass is 393 g/mol. The van der Waals surface area contributed by atoms with Crippen molar-refractivity contribution in [2.75, 3.05) is 13.7 Å². The molecule has 0 bridgehead atoms. The molecule has 4 rings (SSSR count). The maximum absolute atomic E-state index is 12.0. The van der Waals surface area contributed by atoms with Gasteiger partial charge in [0, 0.05) is 10.8 Å². The summed E-state index contributed by atoms with van der Waals surface area (Å²) >= 11 is 0. The van der Waals surface area contributed by atoms with Crippen molar-refractivity contribution >= 4 is 22.6 Å². The van der Waals surface area contributed by atoms with Gasteiger partial charge in [-0.3, -0.25) is 0 Å². The number of aliphatic imine (C=N–C) groups is 1. The number of rotatable bonds is 6. The van der Waals surface area contributed by atoms with Crippen LogP contribution in [0.15, 0.2) is 59.1 Å². The SMILES string of the molecule is CCCCOc1cccc2c(O)c(C3=NC4C(C(=O)OC)=CC=CC4O3)ccc12. The first-order valence-electron chi connectivity index (χ1n) is 9.73. The zero-order valence-corrected chi connectivity index (χ0v) is 16.4. The lowest BCUT2D eigenvalue weighted by Crippen LogP contribution is -2.28. The number of carbonyl (C=O) groups excluding carboxylic acids is 1. The summed E-state index contributed by atoms with van der Waals surface area (Å²) < 4.78 is 16.7. The molecule has 2 unspecified atom stereocenters. The fraction of sp³-hybridized carbons (Fsp3) is 0.304. The number of allylic oxidation sites excluding steroid dienone is 2. The highest BCUT2D eigenvalue weighted by Crippen LogP contribution is 2.37. The average Bonchev–Trinajstić information content (AvgIpc) is 3.18. The Kier molecular flexibility index (Phi) is 5.25. The number of carbonyl (C=O) groups is 1. The van der Waals surface area contributed by atoms with Gasteiger partial charge in [0.15, 0.2) is 0 Å². The summed E-state index contributed by atoms with van der Waals surface area (Å²) in [7, 11) is 1.34. The van der Waals surface area contributed by atoms with Crippen LogP contribution in [-0.2, 0) is 14.3 Å². The van der Waals surface area contributed by atoms with Crippen LogP contribution in [0.3, 0.4) is 0 Å². The highest BCUT2D eigenvalue weighted by molar-refractivity contribution is 6.06. The number of hydrogen-bond donors (Lipinski definition) is 1. The van der Waals surface area contributed by atoms with E-state index in [0.29, 0.717) is 29.0 Å². The van der Waals surface area contributed by atoms with Crippen LogP contribution in [0.5, 0.6) is 11.5 Å². The Morgan fingerprint density at radius 3 is 2.90 bits per heavy atom. The van der Waals surface area contributed by atoms with Gasteiger partial charge in [-0.15, -0.1) is 0 Å². The zero-order chi connectivity index (χ0) is 20.4. The van der Waals surface area contributed by atoms with Crippen LogP contribution < -0.4 is 4.74 Å². The van der Waals surface area contributed by atoms with Gasteiger partial charge < -0.3 is 19.3 Å². The molecule has 0 saturated heterocycles. The Labute approximate surface area is 169 Å². The van der Waals surface area contributed by atoms with E-state index < -0.39 is 18.1 Å². The van der Waals surface area contributed by atoms with Crippen molar-refractivity contribution in [3.8, 4) is 11.5 Å². The number of fused-ring (bicyclic) bond motifs is 2. The molecule has 1 aliphatic carbocycles. The largest absolute Gasteiger partial charge is 0.506 e. The topological polar surface area (TPSA) is 77.4 Å². The molecule has 0 saturated carbocycles. The average molecular weight is 393 g/mol. The Morgan fingerprint density at radius 1 is 1.24 bits per heavy atom. The van der Waals surface area contributed by atoms with Crippen LogP contribution in [0, 0.1) is 0 Å². The van der Waals surface area contributed by atoms with E-state index in [9.17, 15) is 9.90 Å². The molecule has 6 heteroatoms. The number of methoxy groups -OCH3 is 1. The molecule has 0 radical (unpaired) electrons. The second kappa shape index (κ2) is 7.99. The first-order valence-corrected chi connectivity index (χ1v) is 9.73. The first kappa shape index (κ1) is 19.1. The smallest absolute Gasteiger partial charge is 0.336 e. The van der Waals surface area contributed by atoms with E-state index in [1.165, 1.54) is 7.11 Å². The second-order valence-corrected chi connectivity index (χ2v) is 6.98. The molecule has 2 atom stereocenters. The lowest BCUT2D eigenvalue weighted by molar-refractivity contribution is -0.136. The predicted molar refractivity (Wildman–Crippen MR) is 110 cm³/mol. The molecule has 1 N–H and O–H groups in total. The Morgan fingerprint density at radius 2 is 2.10 bits per heavy atom. The van der Waals surface area contributed by atoms with E-state index in [4.69, 9.17) is 14.2 Å². The van der Waals surface area contributed by atoms with Gasteiger partial charge in [-0.05, 0) is 36.8 Å². The van der Waals surface area contributed by atoms with Crippen LogP contribution in [0.1, 0.15) is 25.3 Å². The third-order valence-electron chi connectivity index (χ3n) is 5.11. The molecule has 0 fully saturated rings. The molecule has 2 aromatic carbocycles. The molecule has 2 aliphatic rings. The number of unbranched alkanes of at least 4 members (excludes halogenated alkanes) is 1. The molecule has 29 heavy (non-hydrogen) atoms. The van der Waals surface area contributed by atoms with Gasteiger partial charge in [-0.2, -0.15) is 0 Å². The van der Waals surface area contributed by atoms with E-state index >= 15 is 0 Å². The summed E-state index contributed by atoms with van der Waals surface area (Å²) in [6.45, 7) is 2.74. The predicted octanol–water partition coefficient (Wildman–Crippen LogP) is 3.91. The molecule has 150 valence electrons. The minimum absolute atomic E-state index is 0.0772. The molecule has 1 heterocycles. The van der Waals surface area contributed by atoms with Gasteiger partial charge in [0.25, 0.3) is 0 Å². The fourth-order valence-electron chi connectivity index (χ4n) is 3.56. The zero-order valence-electron chi connectivity index (χ0n) is 16.4. The third kappa shape index (κ3) is 3.46. The molecular weight excluding hydrogens is 370 g/mol. The van der Waals surface area contributed by atoms with Crippen LogP contribution in [0.2, 0.25) is 0 Å². The summed E-state index contributed by atoms with van der Waals surface area (Å²) in [5, 5.41) is 12.4. The highest BCUT2D eigenvalue weighted by Gasteiger charge is 2.38. The quantitative estimate of drug-likeness (QED) is 0.595. The van der Waals surface area contributed by atoms with Gasteiger partial charge in [-0.25, -0.2) is 9.79 Å². The lowest BCUT2D eigenvalue weighted by atomic mass is 9.97. The molecule has 6 nitrogen and oxygen atoms in total. The van der Waals surface area contributed by atoms with Gasteiger partial charge in [0.05, 0.1) is 24.9 Å². The number of phenolic OH excluding ortho intramolecular Hbond substituents is 1. The molecular formula is C23H23NO5.